The van der Waals surface area contributed by atoms with Crippen molar-refractivity contribution in [1.29, 1.82) is 0 Å². The lowest BCUT2D eigenvalue weighted by Gasteiger charge is -2.14. The van der Waals surface area contributed by atoms with E-state index in [1.165, 1.54) is 4.90 Å². The average Bonchev–Trinajstić information content (AvgIpc) is 3.17. The van der Waals surface area contributed by atoms with Gasteiger partial charge in [0, 0.05) is 56.3 Å². The summed E-state index contributed by atoms with van der Waals surface area (Å²) >= 11 is 0. The number of hydrogen-bond acceptors (Lipinski definition) is 4. The quantitative estimate of drug-likeness (QED) is 0.409. The van der Waals surface area contributed by atoms with Gasteiger partial charge in [-0.1, -0.05) is 24.3 Å². The molecule has 0 aliphatic heterocycles. The number of anilines is 3. The molecule has 1 heterocycles. The van der Waals surface area contributed by atoms with Crippen LogP contribution in [0.25, 0.3) is 10.9 Å². The molecule has 0 saturated carbocycles. The Labute approximate surface area is 192 Å². The van der Waals surface area contributed by atoms with Crippen LogP contribution < -0.4 is 16.0 Å². The molecule has 0 radical (unpaired) electrons. The van der Waals surface area contributed by atoms with E-state index < -0.39 is 0 Å². The Bertz CT molecular complexity index is 1310. The lowest BCUT2D eigenvalue weighted by Crippen LogP contribution is -2.27. The summed E-state index contributed by atoms with van der Waals surface area (Å²) in [4.78, 5) is 26.4. The molecule has 3 aromatic carbocycles. The first-order chi connectivity index (χ1) is 15.9. The lowest BCUT2D eigenvalue weighted by molar-refractivity contribution is 0.102. The standard InChI is InChI=1S/C25H26N6O2/c1-30(2)25(33)28-19-8-6-7-17(13-19)15-26-22-10-5-4-9-21(22)24(32)27-20-12-11-18-16-31(3)29-23(18)14-20/h4-14,16,26H,15H2,1-3H3,(H,27,32)(H,28,33). The van der Waals surface area contributed by atoms with Crippen molar-refractivity contribution in [2.75, 3.05) is 30.0 Å². The third-order valence-electron chi connectivity index (χ3n) is 5.12. The summed E-state index contributed by atoms with van der Waals surface area (Å²) in [5, 5.41) is 14.5. The maximum atomic E-state index is 13.0. The number of aryl methyl sites for hydroxylation is 1. The van der Waals surface area contributed by atoms with Gasteiger partial charge in [0.1, 0.15) is 0 Å². The van der Waals surface area contributed by atoms with E-state index in [1.54, 1.807) is 24.8 Å². The molecular weight excluding hydrogens is 416 g/mol. The van der Waals surface area contributed by atoms with E-state index >= 15 is 0 Å². The van der Waals surface area contributed by atoms with Gasteiger partial charge >= 0.3 is 6.03 Å². The molecule has 0 bridgehead atoms. The summed E-state index contributed by atoms with van der Waals surface area (Å²) in [6.45, 7) is 0.496. The molecule has 0 atom stereocenters. The van der Waals surface area contributed by atoms with Gasteiger partial charge in [0.05, 0.1) is 11.1 Å². The van der Waals surface area contributed by atoms with Crippen LogP contribution in [0.4, 0.5) is 21.9 Å². The van der Waals surface area contributed by atoms with Crippen molar-refractivity contribution in [2.45, 2.75) is 6.54 Å². The van der Waals surface area contributed by atoms with Gasteiger partial charge in [-0.2, -0.15) is 5.10 Å². The van der Waals surface area contributed by atoms with Crippen molar-refractivity contribution < 1.29 is 9.59 Å². The number of para-hydroxylation sites is 1. The summed E-state index contributed by atoms with van der Waals surface area (Å²) in [5.74, 6) is -0.208. The largest absolute Gasteiger partial charge is 0.380 e. The highest BCUT2D eigenvalue weighted by Gasteiger charge is 2.12. The number of carbonyl (C=O) groups excluding carboxylic acids is 2. The number of nitrogens with zero attached hydrogens (tertiary/aromatic N) is 3. The van der Waals surface area contributed by atoms with Crippen LogP contribution >= 0.6 is 0 Å². The Hall–Kier alpha value is -4.33. The molecule has 4 rings (SSSR count). The molecule has 0 unspecified atom stereocenters. The topological polar surface area (TPSA) is 91.3 Å². The van der Waals surface area contributed by atoms with Crippen LogP contribution in [-0.4, -0.2) is 40.7 Å². The Kier molecular flexibility index (Phi) is 6.26. The number of benzene rings is 3. The molecule has 4 aromatic rings. The van der Waals surface area contributed by atoms with Gasteiger partial charge in [0.25, 0.3) is 5.91 Å². The number of hydrogen-bond donors (Lipinski definition) is 3. The Morgan fingerprint density at radius 2 is 1.73 bits per heavy atom. The number of rotatable bonds is 6. The SMILES string of the molecule is CN(C)C(=O)Nc1cccc(CNc2ccccc2C(=O)Nc2ccc3cn(C)nc3c2)c1. The summed E-state index contributed by atoms with van der Waals surface area (Å²) < 4.78 is 1.75. The van der Waals surface area contributed by atoms with E-state index in [0.29, 0.717) is 23.5 Å². The summed E-state index contributed by atoms with van der Waals surface area (Å²) in [7, 11) is 5.25. The third kappa shape index (κ3) is 5.30. The number of amides is 3. The molecule has 168 valence electrons. The molecule has 0 fully saturated rings. The molecule has 8 heteroatoms. The first kappa shape index (κ1) is 21.9. The minimum atomic E-state index is -0.208. The lowest BCUT2D eigenvalue weighted by atomic mass is 10.1. The molecular formula is C25H26N6O2. The van der Waals surface area contributed by atoms with Crippen LogP contribution in [0, 0.1) is 0 Å². The highest BCUT2D eigenvalue weighted by molar-refractivity contribution is 6.08. The van der Waals surface area contributed by atoms with Crippen LogP contribution in [0.2, 0.25) is 0 Å². The van der Waals surface area contributed by atoms with Crippen molar-refractivity contribution in [2.24, 2.45) is 7.05 Å². The zero-order valence-corrected chi connectivity index (χ0v) is 18.8. The molecule has 33 heavy (non-hydrogen) atoms. The monoisotopic (exact) mass is 442 g/mol. The second-order valence-corrected chi connectivity index (χ2v) is 7.95. The van der Waals surface area contributed by atoms with Crippen LogP contribution in [0.15, 0.2) is 72.9 Å². The minimum Gasteiger partial charge on any atom is -0.380 e. The van der Waals surface area contributed by atoms with Crippen molar-refractivity contribution in [3.63, 3.8) is 0 Å². The van der Waals surface area contributed by atoms with Crippen molar-refractivity contribution in [3.05, 3.63) is 84.1 Å². The van der Waals surface area contributed by atoms with Crippen LogP contribution in [-0.2, 0) is 13.6 Å². The van der Waals surface area contributed by atoms with Gasteiger partial charge in [-0.25, -0.2) is 4.79 Å². The van der Waals surface area contributed by atoms with Gasteiger partial charge < -0.3 is 20.9 Å². The van der Waals surface area contributed by atoms with E-state index in [2.05, 4.69) is 21.0 Å². The second kappa shape index (κ2) is 9.44. The minimum absolute atomic E-state index is 0.189. The zero-order valence-electron chi connectivity index (χ0n) is 18.8. The third-order valence-corrected chi connectivity index (χ3v) is 5.12. The van der Waals surface area contributed by atoms with E-state index in [-0.39, 0.29) is 11.9 Å². The molecule has 0 saturated heterocycles. The number of carbonyl (C=O) groups is 2. The summed E-state index contributed by atoms with van der Waals surface area (Å²) in [6.07, 6.45) is 1.93. The second-order valence-electron chi connectivity index (χ2n) is 7.95. The smallest absolute Gasteiger partial charge is 0.321 e. The predicted molar refractivity (Wildman–Crippen MR) is 132 cm³/mol. The van der Waals surface area contributed by atoms with E-state index in [4.69, 9.17) is 0 Å². The molecule has 0 aliphatic rings. The molecule has 8 nitrogen and oxygen atoms in total. The van der Waals surface area contributed by atoms with Crippen molar-refractivity contribution in [1.82, 2.24) is 14.7 Å². The van der Waals surface area contributed by atoms with E-state index in [0.717, 1.165) is 22.2 Å². The maximum Gasteiger partial charge on any atom is 0.321 e. The Morgan fingerprint density at radius 3 is 2.55 bits per heavy atom. The van der Waals surface area contributed by atoms with Crippen molar-refractivity contribution >= 4 is 39.9 Å². The number of urea groups is 1. The van der Waals surface area contributed by atoms with Gasteiger partial charge in [-0.3, -0.25) is 9.48 Å². The van der Waals surface area contributed by atoms with Gasteiger partial charge in [0.15, 0.2) is 0 Å². The highest BCUT2D eigenvalue weighted by Crippen LogP contribution is 2.21. The Balaban J connectivity index is 1.46. The molecule has 0 spiro atoms. The van der Waals surface area contributed by atoms with Crippen LogP contribution in [0.1, 0.15) is 15.9 Å². The average molecular weight is 443 g/mol. The summed E-state index contributed by atoms with van der Waals surface area (Å²) in [5.41, 5.74) is 4.45. The summed E-state index contributed by atoms with van der Waals surface area (Å²) in [6, 6.07) is 20.4. The van der Waals surface area contributed by atoms with Crippen LogP contribution in [0.3, 0.4) is 0 Å². The predicted octanol–water partition coefficient (Wildman–Crippen LogP) is 4.53. The fourth-order valence-corrected chi connectivity index (χ4v) is 3.44. The van der Waals surface area contributed by atoms with Crippen molar-refractivity contribution in [3.8, 4) is 0 Å². The molecule has 3 amide bonds. The first-order valence-corrected chi connectivity index (χ1v) is 10.5. The fourth-order valence-electron chi connectivity index (χ4n) is 3.44. The van der Waals surface area contributed by atoms with Gasteiger partial charge in [0.2, 0.25) is 0 Å². The van der Waals surface area contributed by atoms with Gasteiger partial charge in [-0.05, 0) is 48.0 Å². The Morgan fingerprint density at radius 1 is 0.939 bits per heavy atom. The molecule has 1 aromatic heterocycles. The number of fused-ring (bicyclic) bond motifs is 1. The fraction of sp³-hybridized carbons (Fsp3) is 0.160. The number of aromatic nitrogens is 2. The maximum absolute atomic E-state index is 13.0. The normalized spacial score (nSPS) is 10.6. The number of nitrogens with one attached hydrogen (secondary N) is 3. The highest BCUT2D eigenvalue weighted by atomic mass is 16.2. The van der Waals surface area contributed by atoms with E-state index in [1.807, 2.05) is 73.9 Å². The van der Waals surface area contributed by atoms with E-state index in [9.17, 15) is 9.59 Å². The molecule has 3 N–H and O–H groups in total. The van der Waals surface area contributed by atoms with Crippen LogP contribution in [0.5, 0.6) is 0 Å². The van der Waals surface area contributed by atoms with Gasteiger partial charge in [-0.15, -0.1) is 0 Å². The first-order valence-electron chi connectivity index (χ1n) is 10.5. The zero-order chi connectivity index (χ0) is 23.4. The molecule has 0 aliphatic carbocycles.